The van der Waals surface area contributed by atoms with Crippen LogP contribution < -0.4 is 0 Å². The van der Waals surface area contributed by atoms with Crippen molar-refractivity contribution < 1.29 is 9.90 Å². The number of carboxylic acid groups (broad SMARTS) is 1. The van der Waals surface area contributed by atoms with Crippen LogP contribution in [0.2, 0.25) is 0 Å². The number of allylic oxidation sites excluding steroid dienone is 2. The van der Waals surface area contributed by atoms with Crippen molar-refractivity contribution in [2.45, 2.75) is 52.4 Å². The lowest BCUT2D eigenvalue weighted by atomic mass is 9.90. The number of carboxylic acids is 1. The molecule has 0 bridgehead atoms. The smallest absolute Gasteiger partial charge is 0.307 e. The Balaban J connectivity index is 2.51. The summed E-state index contributed by atoms with van der Waals surface area (Å²) in [7, 11) is 0. The number of benzene rings is 2. The SMILES string of the molecule is CCC/C=C/c1cc(/C=C/CCC)c(Cc2ccccc2)c(CC(=O)O)c1. The maximum absolute atomic E-state index is 11.5. The van der Waals surface area contributed by atoms with Crippen molar-refractivity contribution in [3.05, 3.63) is 82.4 Å². The minimum atomic E-state index is -0.789. The monoisotopic (exact) mass is 362 g/mol. The first-order valence-electron chi connectivity index (χ1n) is 9.88. The Hall–Kier alpha value is -2.61. The average molecular weight is 363 g/mol. The highest BCUT2D eigenvalue weighted by Crippen LogP contribution is 2.25. The summed E-state index contributed by atoms with van der Waals surface area (Å²) in [4.78, 5) is 11.5. The van der Waals surface area contributed by atoms with Gasteiger partial charge in [-0.05, 0) is 53.1 Å². The zero-order chi connectivity index (χ0) is 19.5. The van der Waals surface area contributed by atoms with Crippen molar-refractivity contribution in [1.29, 1.82) is 0 Å². The van der Waals surface area contributed by atoms with Crippen LogP contribution in [0.5, 0.6) is 0 Å². The van der Waals surface area contributed by atoms with E-state index in [1.54, 1.807) is 0 Å². The van der Waals surface area contributed by atoms with Gasteiger partial charge < -0.3 is 5.11 Å². The number of carbonyl (C=O) groups is 1. The molecule has 0 amide bonds. The number of rotatable bonds is 10. The normalized spacial score (nSPS) is 11.5. The molecule has 1 N–H and O–H groups in total. The Morgan fingerprint density at radius 1 is 0.963 bits per heavy atom. The van der Waals surface area contributed by atoms with E-state index in [-0.39, 0.29) is 6.42 Å². The molecule has 0 aromatic heterocycles. The van der Waals surface area contributed by atoms with Crippen LogP contribution in [0.1, 0.15) is 67.3 Å². The lowest BCUT2D eigenvalue weighted by Crippen LogP contribution is -2.06. The molecular weight excluding hydrogens is 332 g/mol. The lowest BCUT2D eigenvalue weighted by Gasteiger charge is -2.14. The minimum absolute atomic E-state index is 0.0479. The van der Waals surface area contributed by atoms with Crippen LogP contribution in [0, 0.1) is 0 Å². The first-order chi connectivity index (χ1) is 13.1. The molecule has 2 nitrogen and oxygen atoms in total. The molecular formula is C25H30O2. The standard InChI is InChI=1S/C25H30O2/c1-3-5-8-14-21-16-22(15-9-6-4-2)24(23(17-21)19-25(26)27)18-20-12-10-7-11-13-20/h7-17H,3-6,18-19H2,1-2H3,(H,26,27)/b14-8+,15-9+. The summed E-state index contributed by atoms with van der Waals surface area (Å²) in [6.07, 6.45) is 13.7. The second-order valence-corrected chi connectivity index (χ2v) is 6.86. The molecule has 2 rings (SSSR count). The van der Waals surface area contributed by atoms with E-state index in [2.05, 4.69) is 56.4 Å². The molecule has 0 saturated carbocycles. The summed E-state index contributed by atoms with van der Waals surface area (Å²) in [6.45, 7) is 4.32. The van der Waals surface area contributed by atoms with Gasteiger partial charge in [0.15, 0.2) is 0 Å². The average Bonchev–Trinajstić information content (AvgIpc) is 2.65. The van der Waals surface area contributed by atoms with Crippen molar-refractivity contribution in [1.82, 2.24) is 0 Å². The fourth-order valence-electron chi connectivity index (χ4n) is 3.13. The van der Waals surface area contributed by atoms with Gasteiger partial charge in [-0.25, -0.2) is 0 Å². The molecule has 0 spiro atoms. The third-order valence-corrected chi connectivity index (χ3v) is 4.48. The molecule has 0 atom stereocenters. The molecule has 2 aromatic rings. The van der Waals surface area contributed by atoms with E-state index in [0.717, 1.165) is 54.4 Å². The molecule has 0 unspecified atom stereocenters. The number of aliphatic carboxylic acids is 1. The van der Waals surface area contributed by atoms with Gasteiger partial charge >= 0.3 is 5.97 Å². The predicted molar refractivity (Wildman–Crippen MR) is 115 cm³/mol. The fraction of sp³-hybridized carbons (Fsp3) is 0.320. The summed E-state index contributed by atoms with van der Waals surface area (Å²) >= 11 is 0. The van der Waals surface area contributed by atoms with Crippen LogP contribution in [-0.2, 0) is 17.6 Å². The van der Waals surface area contributed by atoms with Gasteiger partial charge in [0.05, 0.1) is 6.42 Å². The Morgan fingerprint density at radius 3 is 2.26 bits per heavy atom. The first kappa shape index (κ1) is 20.7. The maximum Gasteiger partial charge on any atom is 0.307 e. The van der Waals surface area contributed by atoms with Gasteiger partial charge in [0.2, 0.25) is 0 Å². The van der Waals surface area contributed by atoms with E-state index >= 15 is 0 Å². The third-order valence-electron chi connectivity index (χ3n) is 4.48. The van der Waals surface area contributed by atoms with Crippen LogP contribution in [-0.4, -0.2) is 11.1 Å². The highest BCUT2D eigenvalue weighted by atomic mass is 16.4. The Kier molecular flexibility index (Phi) is 8.57. The van der Waals surface area contributed by atoms with Crippen LogP contribution >= 0.6 is 0 Å². The van der Waals surface area contributed by atoms with Gasteiger partial charge in [0.25, 0.3) is 0 Å². The third kappa shape index (κ3) is 6.90. The Bertz CT molecular complexity index is 785. The highest BCUT2D eigenvalue weighted by Gasteiger charge is 2.12. The first-order valence-corrected chi connectivity index (χ1v) is 9.88. The van der Waals surface area contributed by atoms with Gasteiger partial charge in [0, 0.05) is 0 Å². The van der Waals surface area contributed by atoms with E-state index in [1.165, 1.54) is 5.56 Å². The lowest BCUT2D eigenvalue weighted by molar-refractivity contribution is -0.136. The largest absolute Gasteiger partial charge is 0.481 e. The van der Waals surface area contributed by atoms with Crippen LogP contribution in [0.15, 0.2) is 54.6 Å². The molecule has 142 valence electrons. The van der Waals surface area contributed by atoms with Gasteiger partial charge in [0.1, 0.15) is 0 Å². The van der Waals surface area contributed by atoms with Crippen molar-refractivity contribution in [3.8, 4) is 0 Å². The van der Waals surface area contributed by atoms with E-state index in [4.69, 9.17) is 0 Å². The summed E-state index contributed by atoms with van der Waals surface area (Å²) in [5.74, 6) is -0.789. The summed E-state index contributed by atoms with van der Waals surface area (Å²) < 4.78 is 0. The van der Waals surface area contributed by atoms with Crippen molar-refractivity contribution >= 4 is 18.1 Å². The van der Waals surface area contributed by atoms with Crippen molar-refractivity contribution in [3.63, 3.8) is 0 Å². The van der Waals surface area contributed by atoms with Gasteiger partial charge in [-0.2, -0.15) is 0 Å². The maximum atomic E-state index is 11.5. The van der Waals surface area contributed by atoms with E-state index in [1.807, 2.05) is 24.3 Å². The van der Waals surface area contributed by atoms with Crippen molar-refractivity contribution in [2.75, 3.05) is 0 Å². The quantitative estimate of drug-likeness (QED) is 0.521. The van der Waals surface area contributed by atoms with Crippen LogP contribution in [0.3, 0.4) is 0 Å². The molecule has 2 aromatic carbocycles. The minimum Gasteiger partial charge on any atom is -0.481 e. The topological polar surface area (TPSA) is 37.3 Å². The molecule has 0 heterocycles. The molecule has 0 fully saturated rings. The summed E-state index contributed by atoms with van der Waals surface area (Å²) in [5, 5.41) is 9.43. The molecule has 0 aliphatic heterocycles. The zero-order valence-electron chi connectivity index (χ0n) is 16.4. The van der Waals surface area contributed by atoms with Gasteiger partial charge in [-0.15, -0.1) is 0 Å². The molecule has 0 saturated heterocycles. The Labute approximate surface area is 163 Å². The van der Waals surface area contributed by atoms with E-state index in [9.17, 15) is 9.90 Å². The van der Waals surface area contributed by atoms with E-state index < -0.39 is 5.97 Å². The van der Waals surface area contributed by atoms with Crippen LogP contribution in [0.4, 0.5) is 0 Å². The van der Waals surface area contributed by atoms with Crippen LogP contribution in [0.25, 0.3) is 12.2 Å². The molecule has 2 heteroatoms. The van der Waals surface area contributed by atoms with E-state index in [0.29, 0.717) is 0 Å². The summed E-state index contributed by atoms with van der Waals surface area (Å²) in [5.41, 5.74) is 5.42. The second-order valence-electron chi connectivity index (χ2n) is 6.86. The van der Waals surface area contributed by atoms with Gasteiger partial charge in [-0.1, -0.05) is 87.4 Å². The Morgan fingerprint density at radius 2 is 1.63 bits per heavy atom. The number of hydrogen-bond donors (Lipinski definition) is 1. The summed E-state index contributed by atoms with van der Waals surface area (Å²) in [6, 6.07) is 14.5. The van der Waals surface area contributed by atoms with Crippen molar-refractivity contribution in [2.24, 2.45) is 0 Å². The highest BCUT2D eigenvalue weighted by molar-refractivity contribution is 5.73. The fourth-order valence-corrected chi connectivity index (χ4v) is 3.13. The van der Waals surface area contributed by atoms with Gasteiger partial charge in [-0.3, -0.25) is 4.79 Å². The second kappa shape index (κ2) is 11.2. The number of unbranched alkanes of at least 4 members (excludes halogenated alkanes) is 2. The molecule has 0 aliphatic carbocycles. The molecule has 0 radical (unpaired) electrons. The molecule has 0 aliphatic rings. The predicted octanol–water partition coefficient (Wildman–Crippen LogP) is 6.53. The molecule has 27 heavy (non-hydrogen) atoms. The zero-order valence-corrected chi connectivity index (χ0v) is 16.4. The number of hydrogen-bond acceptors (Lipinski definition) is 1.